The molecule has 0 bridgehead atoms. The summed E-state index contributed by atoms with van der Waals surface area (Å²) >= 11 is 0. The SMILES string of the molecule is O=C1CCCCC1(CO)CO. The predicted octanol–water partition coefficient (Wildman–Crippen LogP) is 0.101. The number of Topliss-reactive ketones (excluding diaryl/α,β-unsaturated/α-hetero) is 1. The summed E-state index contributed by atoms with van der Waals surface area (Å²) in [5.74, 6) is 0.0220. The van der Waals surface area contributed by atoms with Crippen LogP contribution in [0.2, 0.25) is 0 Å². The van der Waals surface area contributed by atoms with E-state index in [1.807, 2.05) is 0 Å². The smallest absolute Gasteiger partial charge is 0.143 e. The highest BCUT2D eigenvalue weighted by atomic mass is 16.3. The minimum Gasteiger partial charge on any atom is -0.395 e. The van der Waals surface area contributed by atoms with E-state index < -0.39 is 5.41 Å². The van der Waals surface area contributed by atoms with Crippen molar-refractivity contribution in [2.24, 2.45) is 5.41 Å². The molecule has 0 aliphatic heterocycles. The Hall–Kier alpha value is -0.410. The number of rotatable bonds is 2. The van der Waals surface area contributed by atoms with E-state index in [4.69, 9.17) is 10.2 Å². The summed E-state index contributed by atoms with van der Waals surface area (Å²) < 4.78 is 0. The number of aliphatic hydroxyl groups is 2. The van der Waals surface area contributed by atoms with Gasteiger partial charge in [-0.2, -0.15) is 0 Å². The van der Waals surface area contributed by atoms with Crippen LogP contribution in [0.25, 0.3) is 0 Å². The van der Waals surface area contributed by atoms with E-state index in [9.17, 15) is 4.79 Å². The standard InChI is InChI=1S/C8H14O3/c9-5-8(6-10)4-2-1-3-7(8)11/h9-10H,1-6H2. The van der Waals surface area contributed by atoms with Crippen molar-refractivity contribution in [3.05, 3.63) is 0 Å². The zero-order valence-electron chi connectivity index (χ0n) is 6.55. The first kappa shape index (κ1) is 8.68. The molecule has 0 heterocycles. The van der Waals surface area contributed by atoms with Gasteiger partial charge in [-0.05, 0) is 12.8 Å². The van der Waals surface area contributed by atoms with Crippen molar-refractivity contribution in [2.75, 3.05) is 13.2 Å². The highest BCUT2D eigenvalue weighted by Gasteiger charge is 2.38. The lowest BCUT2D eigenvalue weighted by Crippen LogP contribution is -2.40. The van der Waals surface area contributed by atoms with Crippen molar-refractivity contribution in [3.8, 4) is 0 Å². The third kappa shape index (κ3) is 1.44. The van der Waals surface area contributed by atoms with Crippen LogP contribution in [0.4, 0.5) is 0 Å². The Kier molecular flexibility index (Phi) is 2.62. The van der Waals surface area contributed by atoms with Crippen molar-refractivity contribution < 1.29 is 15.0 Å². The first-order chi connectivity index (χ1) is 5.25. The molecule has 1 rings (SSSR count). The van der Waals surface area contributed by atoms with Gasteiger partial charge in [-0.3, -0.25) is 4.79 Å². The minimum atomic E-state index is -0.807. The molecule has 11 heavy (non-hydrogen) atoms. The Morgan fingerprint density at radius 1 is 1.27 bits per heavy atom. The number of carbonyl (C=O) groups is 1. The Balaban J connectivity index is 2.69. The Labute approximate surface area is 66.0 Å². The monoisotopic (exact) mass is 158 g/mol. The van der Waals surface area contributed by atoms with Crippen LogP contribution in [0, 0.1) is 5.41 Å². The van der Waals surface area contributed by atoms with Gasteiger partial charge in [0.1, 0.15) is 5.78 Å². The zero-order chi connectivity index (χ0) is 8.32. The van der Waals surface area contributed by atoms with E-state index >= 15 is 0 Å². The van der Waals surface area contributed by atoms with E-state index in [2.05, 4.69) is 0 Å². The van der Waals surface area contributed by atoms with Crippen LogP contribution in [0.1, 0.15) is 25.7 Å². The molecule has 0 spiro atoms. The summed E-state index contributed by atoms with van der Waals surface area (Å²) in [6.45, 7) is -0.412. The van der Waals surface area contributed by atoms with Gasteiger partial charge in [0.2, 0.25) is 0 Å². The van der Waals surface area contributed by atoms with Crippen LogP contribution < -0.4 is 0 Å². The molecule has 1 aliphatic carbocycles. The van der Waals surface area contributed by atoms with E-state index in [1.165, 1.54) is 0 Å². The van der Waals surface area contributed by atoms with E-state index in [-0.39, 0.29) is 19.0 Å². The lowest BCUT2D eigenvalue weighted by molar-refractivity contribution is -0.137. The average molecular weight is 158 g/mol. The maximum Gasteiger partial charge on any atom is 0.143 e. The van der Waals surface area contributed by atoms with Gasteiger partial charge in [-0.1, -0.05) is 6.42 Å². The molecule has 0 amide bonds. The minimum absolute atomic E-state index is 0.0220. The zero-order valence-corrected chi connectivity index (χ0v) is 6.55. The second-order valence-electron chi connectivity index (χ2n) is 3.23. The van der Waals surface area contributed by atoms with E-state index in [0.717, 1.165) is 12.8 Å². The average Bonchev–Trinajstić information content (AvgIpc) is 2.06. The highest BCUT2D eigenvalue weighted by molar-refractivity contribution is 5.85. The number of carbonyl (C=O) groups excluding carboxylic acids is 1. The molecule has 0 saturated heterocycles. The number of hydrogen-bond donors (Lipinski definition) is 2. The maximum absolute atomic E-state index is 11.3. The maximum atomic E-state index is 11.3. The molecule has 64 valence electrons. The second kappa shape index (κ2) is 3.32. The molecule has 0 radical (unpaired) electrons. The van der Waals surface area contributed by atoms with Gasteiger partial charge in [-0.25, -0.2) is 0 Å². The van der Waals surface area contributed by atoms with E-state index in [0.29, 0.717) is 12.8 Å². The quantitative estimate of drug-likeness (QED) is 0.599. The molecule has 1 aliphatic rings. The highest BCUT2D eigenvalue weighted by Crippen LogP contribution is 2.31. The van der Waals surface area contributed by atoms with E-state index in [1.54, 1.807) is 0 Å². The third-order valence-corrected chi connectivity index (χ3v) is 2.51. The summed E-state index contributed by atoms with van der Waals surface area (Å²) in [4.78, 5) is 11.3. The molecule has 0 atom stereocenters. The second-order valence-corrected chi connectivity index (χ2v) is 3.23. The fraction of sp³-hybridized carbons (Fsp3) is 0.875. The molecule has 3 nitrogen and oxygen atoms in total. The number of aliphatic hydroxyl groups excluding tert-OH is 2. The fourth-order valence-corrected chi connectivity index (χ4v) is 1.54. The van der Waals surface area contributed by atoms with Gasteiger partial charge in [0, 0.05) is 6.42 Å². The molecular formula is C8H14O3. The molecular weight excluding hydrogens is 144 g/mol. The Morgan fingerprint density at radius 2 is 1.91 bits per heavy atom. The van der Waals surface area contributed by atoms with Crippen LogP contribution in [0.15, 0.2) is 0 Å². The topological polar surface area (TPSA) is 57.5 Å². The molecule has 3 heteroatoms. The summed E-state index contributed by atoms with van der Waals surface area (Å²) in [5.41, 5.74) is -0.807. The van der Waals surface area contributed by atoms with Crippen LogP contribution in [-0.2, 0) is 4.79 Å². The van der Waals surface area contributed by atoms with Crippen LogP contribution in [0.5, 0.6) is 0 Å². The number of hydrogen-bond acceptors (Lipinski definition) is 3. The van der Waals surface area contributed by atoms with Gasteiger partial charge >= 0.3 is 0 Å². The van der Waals surface area contributed by atoms with Crippen LogP contribution in [-0.4, -0.2) is 29.2 Å². The molecule has 1 saturated carbocycles. The molecule has 0 aromatic heterocycles. The van der Waals surface area contributed by atoms with Crippen molar-refractivity contribution in [1.82, 2.24) is 0 Å². The molecule has 2 N–H and O–H groups in total. The Morgan fingerprint density at radius 3 is 2.27 bits per heavy atom. The van der Waals surface area contributed by atoms with Crippen molar-refractivity contribution in [2.45, 2.75) is 25.7 Å². The fourth-order valence-electron chi connectivity index (χ4n) is 1.54. The summed E-state index contributed by atoms with van der Waals surface area (Å²) in [6.07, 6.45) is 2.99. The third-order valence-electron chi connectivity index (χ3n) is 2.51. The van der Waals surface area contributed by atoms with Gasteiger partial charge in [0.05, 0.1) is 18.6 Å². The predicted molar refractivity (Wildman–Crippen MR) is 40.1 cm³/mol. The normalized spacial score (nSPS) is 23.6. The van der Waals surface area contributed by atoms with Crippen molar-refractivity contribution in [1.29, 1.82) is 0 Å². The number of ketones is 1. The summed E-state index contributed by atoms with van der Waals surface area (Å²) in [6, 6.07) is 0. The van der Waals surface area contributed by atoms with Crippen LogP contribution in [0.3, 0.4) is 0 Å². The lowest BCUT2D eigenvalue weighted by Gasteiger charge is -2.31. The largest absolute Gasteiger partial charge is 0.395 e. The van der Waals surface area contributed by atoms with Gasteiger partial charge in [0.15, 0.2) is 0 Å². The first-order valence-electron chi connectivity index (χ1n) is 4.00. The molecule has 0 aromatic carbocycles. The van der Waals surface area contributed by atoms with Crippen LogP contribution >= 0.6 is 0 Å². The van der Waals surface area contributed by atoms with Crippen molar-refractivity contribution in [3.63, 3.8) is 0 Å². The summed E-state index contributed by atoms with van der Waals surface area (Å²) in [5, 5.41) is 17.9. The van der Waals surface area contributed by atoms with Gasteiger partial charge in [-0.15, -0.1) is 0 Å². The Bertz CT molecular complexity index is 149. The van der Waals surface area contributed by atoms with Crippen molar-refractivity contribution >= 4 is 5.78 Å². The lowest BCUT2D eigenvalue weighted by atomic mass is 9.74. The van der Waals surface area contributed by atoms with Gasteiger partial charge < -0.3 is 10.2 Å². The molecule has 0 aromatic rings. The summed E-state index contributed by atoms with van der Waals surface area (Å²) in [7, 11) is 0. The van der Waals surface area contributed by atoms with Gasteiger partial charge in [0.25, 0.3) is 0 Å². The first-order valence-corrected chi connectivity index (χ1v) is 4.00. The molecule has 0 unspecified atom stereocenters. The molecule has 1 fully saturated rings.